The van der Waals surface area contributed by atoms with E-state index in [0.29, 0.717) is 18.4 Å². The van der Waals surface area contributed by atoms with Crippen molar-refractivity contribution >= 4 is 17.0 Å². The van der Waals surface area contributed by atoms with E-state index in [9.17, 15) is 18.3 Å². The van der Waals surface area contributed by atoms with Crippen molar-refractivity contribution in [3.8, 4) is 5.75 Å². The summed E-state index contributed by atoms with van der Waals surface area (Å²) in [5.74, 6) is -0.0870. The number of aromatic hydroxyl groups is 1. The fraction of sp³-hybridized carbons (Fsp3) is 0.360. The summed E-state index contributed by atoms with van der Waals surface area (Å²) >= 11 is 0. The van der Waals surface area contributed by atoms with E-state index in [2.05, 4.69) is 16.9 Å². The molecule has 0 aliphatic heterocycles. The van der Waals surface area contributed by atoms with E-state index in [1.54, 1.807) is 26.6 Å². The van der Waals surface area contributed by atoms with Crippen molar-refractivity contribution in [1.29, 1.82) is 0 Å². The van der Waals surface area contributed by atoms with Crippen molar-refractivity contribution in [2.24, 2.45) is 0 Å². The molecule has 1 unspecified atom stereocenters. The number of hydrogen-bond donors (Lipinski definition) is 1. The third kappa shape index (κ3) is 4.39. The van der Waals surface area contributed by atoms with Crippen LogP contribution in [0.1, 0.15) is 46.9 Å². The molecule has 2 heterocycles. The van der Waals surface area contributed by atoms with Crippen LogP contribution in [-0.4, -0.2) is 35.4 Å². The van der Waals surface area contributed by atoms with Gasteiger partial charge in [-0.1, -0.05) is 13.3 Å². The highest BCUT2D eigenvalue weighted by molar-refractivity contribution is 5.85. The van der Waals surface area contributed by atoms with Crippen molar-refractivity contribution in [3.63, 3.8) is 0 Å². The molecule has 5 nitrogen and oxygen atoms in total. The maximum atomic E-state index is 13.6. The summed E-state index contributed by atoms with van der Waals surface area (Å²) in [6.45, 7) is 2.08. The number of ether oxygens (including phenoxy) is 2. The zero-order valence-electron chi connectivity index (χ0n) is 18.7. The molecule has 3 aromatic rings. The molecule has 0 spiro atoms. The fourth-order valence-electron chi connectivity index (χ4n) is 4.41. The minimum atomic E-state index is -4.69. The zero-order valence-corrected chi connectivity index (χ0v) is 18.7. The number of pyridine rings is 2. The number of alkyl halides is 3. The molecule has 33 heavy (non-hydrogen) atoms. The number of halogens is 3. The highest BCUT2D eigenvalue weighted by Gasteiger charge is 2.36. The van der Waals surface area contributed by atoms with Gasteiger partial charge in [-0.2, -0.15) is 13.2 Å². The van der Waals surface area contributed by atoms with E-state index >= 15 is 0 Å². The summed E-state index contributed by atoms with van der Waals surface area (Å²) in [6.07, 6.45) is 3.03. The van der Waals surface area contributed by atoms with Crippen molar-refractivity contribution in [1.82, 2.24) is 9.97 Å². The second-order valence-electron chi connectivity index (χ2n) is 8.10. The number of aryl methyl sites for hydroxylation is 1. The Kier molecular flexibility index (Phi) is 6.30. The minimum absolute atomic E-state index is 0.124. The molecule has 0 amide bonds. The number of nitrogens with zero attached hydrogens (tertiary/aromatic N) is 2. The lowest BCUT2D eigenvalue weighted by Crippen LogP contribution is -2.24. The maximum Gasteiger partial charge on any atom is 0.420 e. The van der Waals surface area contributed by atoms with Crippen LogP contribution in [0.5, 0.6) is 5.75 Å². The molecule has 1 N–H and O–H groups in total. The highest BCUT2D eigenvalue weighted by Crippen LogP contribution is 2.40. The molecule has 1 aliphatic carbocycles. The molecule has 2 aromatic heterocycles. The van der Waals surface area contributed by atoms with Gasteiger partial charge < -0.3 is 14.6 Å². The standard InChI is InChI=1S/C25H25F3N2O3/c1-4-5-19-17-11-23(33-3)22(32-2)10-16(17)15(13-30-19)8-14-9-18-20(29-12-14)6-7-21(31)24(18)25(26,27)28/h6-7,9,11-13,22,31H,4-5,8,10H2,1-3H3. The van der Waals surface area contributed by atoms with Crippen molar-refractivity contribution < 1.29 is 27.8 Å². The van der Waals surface area contributed by atoms with Gasteiger partial charge in [0.2, 0.25) is 0 Å². The lowest BCUT2D eigenvalue weighted by molar-refractivity contribution is -0.137. The molecule has 174 valence electrons. The first kappa shape index (κ1) is 23.0. The van der Waals surface area contributed by atoms with E-state index < -0.39 is 17.5 Å². The molecule has 0 saturated carbocycles. The second-order valence-corrected chi connectivity index (χ2v) is 8.10. The highest BCUT2D eigenvalue weighted by atomic mass is 19.4. The third-order valence-electron chi connectivity index (χ3n) is 5.98. The number of fused-ring (bicyclic) bond motifs is 2. The predicted molar refractivity (Wildman–Crippen MR) is 119 cm³/mol. The number of rotatable bonds is 6. The average Bonchev–Trinajstić information content (AvgIpc) is 2.78. The molecule has 0 saturated heterocycles. The van der Waals surface area contributed by atoms with Crippen LogP contribution in [0.2, 0.25) is 0 Å². The van der Waals surface area contributed by atoms with Crippen LogP contribution in [0, 0.1) is 0 Å². The van der Waals surface area contributed by atoms with Crippen molar-refractivity contribution in [2.45, 2.75) is 44.9 Å². The number of benzene rings is 1. The Morgan fingerprint density at radius 2 is 1.94 bits per heavy atom. The summed E-state index contributed by atoms with van der Waals surface area (Å²) in [5.41, 5.74) is 3.60. The molecule has 0 radical (unpaired) electrons. The summed E-state index contributed by atoms with van der Waals surface area (Å²) < 4.78 is 51.9. The number of hydrogen-bond acceptors (Lipinski definition) is 5. The molecular formula is C25H25F3N2O3. The van der Waals surface area contributed by atoms with Gasteiger partial charge in [0.25, 0.3) is 0 Å². The van der Waals surface area contributed by atoms with Crippen LogP contribution in [0.4, 0.5) is 13.2 Å². The lowest BCUT2D eigenvalue weighted by atomic mass is 9.87. The quantitative estimate of drug-likeness (QED) is 0.532. The summed E-state index contributed by atoms with van der Waals surface area (Å²) in [5, 5.41) is 9.75. The first-order chi connectivity index (χ1) is 15.8. The predicted octanol–water partition coefficient (Wildman–Crippen LogP) is 5.46. The van der Waals surface area contributed by atoms with Gasteiger partial charge in [-0.15, -0.1) is 0 Å². The zero-order chi connectivity index (χ0) is 23.8. The Balaban J connectivity index is 1.81. The Morgan fingerprint density at radius 1 is 1.15 bits per heavy atom. The van der Waals surface area contributed by atoms with E-state index in [1.165, 1.54) is 12.1 Å². The first-order valence-corrected chi connectivity index (χ1v) is 10.7. The van der Waals surface area contributed by atoms with E-state index in [-0.39, 0.29) is 17.0 Å². The van der Waals surface area contributed by atoms with E-state index in [4.69, 9.17) is 9.47 Å². The topological polar surface area (TPSA) is 64.5 Å². The summed E-state index contributed by atoms with van der Waals surface area (Å²) in [6, 6.07) is 3.85. The van der Waals surface area contributed by atoms with E-state index in [1.807, 2.05) is 6.08 Å². The normalized spacial score (nSPS) is 15.9. The fourth-order valence-corrected chi connectivity index (χ4v) is 4.41. The number of phenols is 1. The second kappa shape index (κ2) is 9.02. The Bertz CT molecular complexity index is 1220. The Morgan fingerprint density at radius 3 is 2.61 bits per heavy atom. The van der Waals surface area contributed by atoms with Crippen LogP contribution in [0.15, 0.2) is 36.4 Å². The van der Waals surface area contributed by atoms with Gasteiger partial charge in [-0.05, 0) is 47.4 Å². The number of methoxy groups -OCH3 is 2. The Hall–Kier alpha value is -3.13. The first-order valence-electron chi connectivity index (χ1n) is 10.7. The molecule has 4 rings (SSSR count). The number of phenolic OH excluding ortho intramolecular Hbond substituents is 1. The summed E-state index contributed by atoms with van der Waals surface area (Å²) in [7, 11) is 3.22. The van der Waals surface area contributed by atoms with Gasteiger partial charge in [0.1, 0.15) is 23.2 Å². The van der Waals surface area contributed by atoms with Crippen molar-refractivity contribution in [2.75, 3.05) is 14.2 Å². The molecule has 8 heteroatoms. The molecule has 0 fully saturated rings. The summed E-state index contributed by atoms with van der Waals surface area (Å²) in [4.78, 5) is 8.87. The monoisotopic (exact) mass is 458 g/mol. The average molecular weight is 458 g/mol. The molecule has 1 aromatic carbocycles. The molecule has 1 aliphatic rings. The van der Waals surface area contributed by atoms with E-state index in [0.717, 1.165) is 47.1 Å². The third-order valence-corrected chi connectivity index (χ3v) is 5.98. The van der Waals surface area contributed by atoms with Gasteiger partial charge in [-0.3, -0.25) is 9.97 Å². The minimum Gasteiger partial charge on any atom is -0.507 e. The van der Waals surface area contributed by atoms with Crippen molar-refractivity contribution in [3.05, 3.63) is 69.9 Å². The smallest absolute Gasteiger partial charge is 0.420 e. The van der Waals surface area contributed by atoms with Crippen LogP contribution in [0.25, 0.3) is 17.0 Å². The van der Waals surface area contributed by atoms with Crippen LogP contribution >= 0.6 is 0 Å². The van der Waals surface area contributed by atoms with Crippen LogP contribution in [0.3, 0.4) is 0 Å². The van der Waals surface area contributed by atoms with Gasteiger partial charge in [0.15, 0.2) is 0 Å². The van der Waals surface area contributed by atoms with Gasteiger partial charge in [0, 0.05) is 49.0 Å². The number of aromatic nitrogens is 2. The van der Waals surface area contributed by atoms with Crippen LogP contribution < -0.4 is 0 Å². The molecular weight excluding hydrogens is 433 g/mol. The van der Waals surface area contributed by atoms with Gasteiger partial charge >= 0.3 is 6.18 Å². The molecule has 1 atom stereocenters. The van der Waals surface area contributed by atoms with Crippen LogP contribution in [-0.2, 0) is 34.9 Å². The van der Waals surface area contributed by atoms with Gasteiger partial charge in [-0.25, -0.2) is 0 Å². The van der Waals surface area contributed by atoms with Gasteiger partial charge in [0.05, 0.1) is 12.6 Å². The lowest BCUT2D eigenvalue weighted by Gasteiger charge is -2.27. The molecule has 0 bridgehead atoms. The Labute approximate surface area is 189 Å². The maximum absolute atomic E-state index is 13.6. The SMILES string of the molecule is CCCc1ncc(Cc2cnc3ccc(O)c(C(F)(F)F)c3c2)c2c1C=C(OC)C(OC)C2. The largest absolute Gasteiger partial charge is 0.507 e.